The number of rotatable bonds is 3. The third kappa shape index (κ3) is 4.34. The molecule has 0 saturated heterocycles. The second kappa shape index (κ2) is 4.45. The highest BCUT2D eigenvalue weighted by atomic mass is 16.5. The lowest BCUT2D eigenvalue weighted by Gasteiger charge is -2.20. The SMILES string of the molecule is C[C@H](CCO)OC(=O)C(C)(C)C. The Morgan fingerprint density at radius 2 is 2.00 bits per heavy atom. The molecule has 0 rings (SSSR count). The van der Waals surface area contributed by atoms with Gasteiger partial charge in [0.05, 0.1) is 5.41 Å². The molecule has 1 atom stereocenters. The van der Waals surface area contributed by atoms with Crippen LogP contribution < -0.4 is 0 Å². The molecule has 0 fully saturated rings. The first-order valence-electron chi connectivity index (χ1n) is 4.20. The maximum atomic E-state index is 11.2. The van der Waals surface area contributed by atoms with Crippen LogP contribution in [0.1, 0.15) is 34.1 Å². The quantitative estimate of drug-likeness (QED) is 0.657. The van der Waals surface area contributed by atoms with E-state index in [1.165, 1.54) is 0 Å². The summed E-state index contributed by atoms with van der Waals surface area (Å²) in [6, 6.07) is 0. The largest absolute Gasteiger partial charge is 0.462 e. The van der Waals surface area contributed by atoms with Crippen LogP contribution in [0, 0.1) is 5.41 Å². The van der Waals surface area contributed by atoms with Crippen molar-refractivity contribution >= 4 is 5.97 Å². The summed E-state index contributed by atoms with van der Waals surface area (Å²) in [5.74, 6) is -0.219. The van der Waals surface area contributed by atoms with Gasteiger partial charge in [-0.1, -0.05) is 0 Å². The Balaban J connectivity index is 3.85. The Bertz CT molecular complexity index is 146. The minimum atomic E-state index is -0.455. The molecule has 3 nitrogen and oxygen atoms in total. The van der Waals surface area contributed by atoms with Gasteiger partial charge in [0.2, 0.25) is 0 Å². The highest BCUT2D eigenvalue weighted by molar-refractivity contribution is 5.75. The summed E-state index contributed by atoms with van der Waals surface area (Å²) in [4.78, 5) is 11.2. The second-order valence-corrected chi connectivity index (χ2v) is 3.98. The van der Waals surface area contributed by atoms with Gasteiger partial charge < -0.3 is 9.84 Å². The minimum absolute atomic E-state index is 0.0542. The third-order valence-corrected chi connectivity index (χ3v) is 1.46. The molecule has 0 heterocycles. The number of aliphatic hydroxyl groups excluding tert-OH is 1. The van der Waals surface area contributed by atoms with Gasteiger partial charge in [-0.15, -0.1) is 0 Å². The average Bonchev–Trinajstić information content (AvgIpc) is 1.85. The zero-order chi connectivity index (χ0) is 9.78. The summed E-state index contributed by atoms with van der Waals surface area (Å²) in [5, 5.41) is 8.56. The molecule has 1 N–H and O–H groups in total. The van der Waals surface area contributed by atoms with Gasteiger partial charge in [0.15, 0.2) is 0 Å². The topological polar surface area (TPSA) is 46.5 Å². The molecule has 0 unspecified atom stereocenters. The molecule has 0 spiro atoms. The van der Waals surface area contributed by atoms with Gasteiger partial charge in [-0.25, -0.2) is 0 Å². The minimum Gasteiger partial charge on any atom is -0.462 e. The lowest BCUT2D eigenvalue weighted by molar-refractivity contribution is -0.158. The molecule has 0 radical (unpaired) electrons. The highest BCUT2D eigenvalue weighted by Gasteiger charge is 2.24. The van der Waals surface area contributed by atoms with E-state index >= 15 is 0 Å². The number of aliphatic hydroxyl groups is 1. The summed E-state index contributed by atoms with van der Waals surface area (Å²) in [6.45, 7) is 7.25. The molecule has 72 valence electrons. The van der Waals surface area contributed by atoms with E-state index in [1.807, 2.05) is 0 Å². The van der Waals surface area contributed by atoms with Gasteiger partial charge >= 0.3 is 5.97 Å². The lowest BCUT2D eigenvalue weighted by atomic mass is 9.97. The van der Waals surface area contributed by atoms with Crippen LogP contribution in [0.15, 0.2) is 0 Å². The van der Waals surface area contributed by atoms with Crippen molar-refractivity contribution in [2.24, 2.45) is 5.41 Å². The Hall–Kier alpha value is -0.570. The Morgan fingerprint density at radius 1 is 1.50 bits per heavy atom. The standard InChI is InChI=1S/C9H18O3/c1-7(5-6-10)12-8(11)9(2,3)4/h7,10H,5-6H2,1-4H3/t7-/m1/s1. The number of esters is 1. The monoisotopic (exact) mass is 174 g/mol. The average molecular weight is 174 g/mol. The number of carbonyl (C=O) groups is 1. The van der Waals surface area contributed by atoms with E-state index in [0.29, 0.717) is 6.42 Å². The van der Waals surface area contributed by atoms with Crippen LogP contribution in [0.3, 0.4) is 0 Å². The van der Waals surface area contributed by atoms with E-state index in [1.54, 1.807) is 27.7 Å². The first kappa shape index (κ1) is 11.4. The number of ether oxygens (including phenoxy) is 1. The molecule has 0 aliphatic rings. The summed E-state index contributed by atoms with van der Waals surface area (Å²) in [5.41, 5.74) is -0.455. The van der Waals surface area contributed by atoms with Gasteiger partial charge in [-0.3, -0.25) is 4.79 Å². The van der Waals surface area contributed by atoms with Crippen LogP contribution in [0.25, 0.3) is 0 Å². The summed E-state index contributed by atoms with van der Waals surface area (Å²) >= 11 is 0. The molecule has 0 aromatic rings. The van der Waals surface area contributed by atoms with Gasteiger partial charge in [0.25, 0.3) is 0 Å². The van der Waals surface area contributed by atoms with E-state index < -0.39 is 5.41 Å². The van der Waals surface area contributed by atoms with Crippen LogP contribution in [-0.4, -0.2) is 23.8 Å². The third-order valence-electron chi connectivity index (χ3n) is 1.46. The van der Waals surface area contributed by atoms with Gasteiger partial charge in [-0.05, 0) is 27.7 Å². The molecule has 0 aromatic heterocycles. The Morgan fingerprint density at radius 3 is 2.33 bits per heavy atom. The van der Waals surface area contributed by atoms with E-state index in [0.717, 1.165) is 0 Å². The molecule has 0 aromatic carbocycles. The van der Waals surface area contributed by atoms with Crippen LogP contribution >= 0.6 is 0 Å². The van der Waals surface area contributed by atoms with E-state index in [9.17, 15) is 4.79 Å². The molecule has 0 amide bonds. The van der Waals surface area contributed by atoms with Crippen molar-refractivity contribution in [1.82, 2.24) is 0 Å². The van der Waals surface area contributed by atoms with Crippen LogP contribution in [0.5, 0.6) is 0 Å². The summed E-state index contributed by atoms with van der Waals surface area (Å²) < 4.78 is 5.06. The van der Waals surface area contributed by atoms with Crippen molar-refractivity contribution in [3.63, 3.8) is 0 Å². The first-order valence-corrected chi connectivity index (χ1v) is 4.20. The van der Waals surface area contributed by atoms with Crippen LogP contribution in [0.2, 0.25) is 0 Å². The van der Waals surface area contributed by atoms with Gasteiger partial charge in [0.1, 0.15) is 6.10 Å². The highest BCUT2D eigenvalue weighted by Crippen LogP contribution is 2.16. The zero-order valence-electron chi connectivity index (χ0n) is 8.26. The molecule has 0 bridgehead atoms. The summed E-state index contributed by atoms with van der Waals surface area (Å²) in [7, 11) is 0. The van der Waals surface area contributed by atoms with Crippen molar-refractivity contribution in [1.29, 1.82) is 0 Å². The fourth-order valence-corrected chi connectivity index (χ4v) is 0.600. The number of carbonyl (C=O) groups excluding carboxylic acids is 1. The maximum Gasteiger partial charge on any atom is 0.311 e. The molecular weight excluding hydrogens is 156 g/mol. The van der Waals surface area contributed by atoms with E-state index in [2.05, 4.69) is 0 Å². The van der Waals surface area contributed by atoms with E-state index in [-0.39, 0.29) is 18.7 Å². The first-order chi connectivity index (χ1) is 5.38. The van der Waals surface area contributed by atoms with Crippen molar-refractivity contribution in [3.8, 4) is 0 Å². The molecule has 0 aliphatic carbocycles. The molecule has 3 heteroatoms. The van der Waals surface area contributed by atoms with Gasteiger partial charge in [0, 0.05) is 13.0 Å². The maximum absolute atomic E-state index is 11.2. The van der Waals surface area contributed by atoms with Crippen molar-refractivity contribution < 1.29 is 14.6 Å². The molecule has 12 heavy (non-hydrogen) atoms. The fraction of sp³-hybridized carbons (Fsp3) is 0.889. The summed E-state index contributed by atoms with van der Waals surface area (Å²) in [6.07, 6.45) is 0.309. The van der Waals surface area contributed by atoms with Crippen molar-refractivity contribution in [3.05, 3.63) is 0 Å². The van der Waals surface area contributed by atoms with Crippen molar-refractivity contribution in [2.45, 2.75) is 40.2 Å². The predicted molar refractivity (Wildman–Crippen MR) is 46.7 cm³/mol. The predicted octanol–water partition coefficient (Wildman–Crippen LogP) is 1.35. The van der Waals surface area contributed by atoms with Crippen LogP contribution in [0.4, 0.5) is 0 Å². The zero-order valence-corrected chi connectivity index (χ0v) is 8.26. The Kier molecular flexibility index (Phi) is 4.24. The fourth-order valence-electron chi connectivity index (χ4n) is 0.600. The molecule has 0 aliphatic heterocycles. The van der Waals surface area contributed by atoms with Crippen molar-refractivity contribution in [2.75, 3.05) is 6.61 Å². The normalized spacial score (nSPS) is 14.1. The molecule has 0 saturated carbocycles. The second-order valence-electron chi connectivity index (χ2n) is 3.98. The number of hydrogen-bond donors (Lipinski definition) is 1. The lowest BCUT2D eigenvalue weighted by Crippen LogP contribution is -2.27. The number of hydrogen-bond acceptors (Lipinski definition) is 3. The van der Waals surface area contributed by atoms with Gasteiger partial charge in [-0.2, -0.15) is 0 Å². The molecular formula is C9H18O3. The smallest absolute Gasteiger partial charge is 0.311 e. The van der Waals surface area contributed by atoms with Crippen LogP contribution in [-0.2, 0) is 9.53 Å². The van der Waals surface area contributed by atoms with E-state index in [4.69, 9.17) is 9.84 Å². The Labute approximate surface area is 73.7 Å².